The molecule has 0 unspecified atom stereocenters. The van der Waals surface area contributed by atoms with Crippen molar-refractivity contribution in [1.82, 2.24) is 10.3 Å². The van der Waals surface area contributed by atoms with Crippen LogP contribution >= 0.6 is 0 Å². The molecule has 3 nitrogen and oxygen atoms in total. The van der Waals surface area contributed by atoms with Crippen LogP contribution in [0.4, 0.5) is 4.39 Å². The van der Waals surface area contributed by atoms with Gasteiger partial charge in [-0.1, -0.05) is 0 Å². The highest BCUT2D eigenvalue weighted by atomic mass is 19.1. The maximum absolute atomic E-state index is 12.6. The minimum Gasteiger partial charge on any atom is -0.354 e. The number of rotatable bonds is 1. The molecule has 0 bridgehead atoms. The molecule has 0 aliphatic heterocycles. The molecular formula is C8H9FN2O. The van der Waals surface area contributed by atoms with Gasteiger partial charge < -0.3 is 5.32 Å². The second kappa shape index (κ2) is 3.30. The van der Waals surface area contributed by atoms with Gasteiger partial charge in [-0.2, -0.15) is 4.39 Å². The van der Waals surface area contributed by atoms with Crippen LogP contribution in [0.3, 0.4) is 0 Å². The third-order valence-corrected chi connectivity index (χ3v) is 1.40. The first-order chi connectivity index (χ1) is 5.63. The predicted octanol–water partition coefficient (Wildman–Crippen LogP) is 0.889. The molecule has 1 N–H and O–H groups in total. The van der Waals surface area contributed by atoms with Gasteiger partial charge in [0.05, 0.1) is 0 Å². The number of carbonyl (C=O) groups is 1. The lowest BCUT2D eigenvalue weighted by Crippen LogP contribution is -2.19. The molecule has 1 amide bonds. The molecule has 12 heavy (non-hydrogen) atoms. The first-order valence-corrected chi connectivity index (χ1v) is 3.50. The summed E-state index contributed by atoms with van der Waals surface area (Å²) in [5, 5.41) is 2.37. The van der Waals surface area contributed by atoms with Crippen LogP contribution in [0.5, 0.6) is 0 Å². The Labute approximate surface area is 69.6 Å². The summed E-state index contributed by atoms with van der Waals surface area (Å²) >= 11 is 0. The minimum atomic E-state index is -0.631. The highest BCUT2D eigenvalue weighted by Gasteiger charge is 2.06. The van der Waals surface area contributed by atoms with Gasteiger partial charge in [-0.15, -0.1) is 0 Å². The van der Waals surface area contributed by atoms with E-state index in [2.05, 4.69) is 10.3 Å². The third-order valence-electron chi connectivity index (χ3n) is 1.40. The van der Waals surface area contributed by atoms with E-state index in [-0.39, 0.29) is 11.6 Å². The summed E-state index contributed by atoms with van der Waals surface area (Å²) < 4.78 is 12.6. The number of carbonyl (C=O) groups excluding carboxylic acids is 1. The highest BCUT2D eigenvalue weighted by molar-refractivity contribution is 5.92. The lowest BCUT2D eigenvalue weighted by Gasteiger charge is -1.99. The molecule has 0 saturated heterocycles. The smallest absolute Gasteiger partial charge is 0.269 e. The van der Waals surface area contributed by atoms with Crippen molar-refractivity contribution in [2.75, 3.05) is 7.05 Å². The van der Waals surface area contributed by atoms with E-state index >= 15 is 0 Å². The molecule has 4 heteroatoms. The Morgan fingerprint density at radius 1 is 1.58 bits per heavy atom. The molecular weight excluding hydrogens is 159 g/mol. The van der Waals surface area contributed by atoms with Crippen LogP contribution in [0.25, 0.3) is 0 Å². The molecule has 0 radical (unpaired) electrons. The summed E-state index contributed by atoms with van der Waals surface area (Å²) in [5.74, 6) is -1.01. The van der Waals surface area contributed by atoms with Gasteiger partial charge in [0, 0.05) is 7.05 Å². The van der Waals surface area contributed by atoms with Gasteiger partial charge in [0.25, 0.3) is 5.91 Å². The van der Waals surface area contributed by atoms with E-state index in [1.165, 1.54) is 19.2 Å². The van der Waals surface area contributed by atoms with Crippen molar-refractivity contribution in [3.63, 3.8) is 0 Å². The van der Waals surface area contributed by atoms with Crippen LogP contribution in [0.1, 0.15) is 16.1 Å². The summed E-state index contributed by atoms with van der Waals surface area (Å²) in [7, 11) is 1.48. The number of nitrogens with one attached hydrogen (secondary N) is 1. The Morgan fingerprint density at radius 2 is 2.25 bits per heavy atom. The van der Waals surface area contributed by atoms with E-state index in [9.17, 15) is 9.18 Å². The number of aromatic nitrogens is 1. The zero-order valence-electron chi connectivity index (χ0n) is 6.89. The largest absolute Gasteiger partial charge is 0.354 e. The molecule has 0 spiro atoms. The molecule has 1 aromatic heterocycles. The standard InChI is InChI=1S/C8H9FN2O/c1-5-3-6(8(12)10-2)11-7(9)4-5/h3-4H,1-2H3,(H,10,12). The minimum absolute atomic E-state index is 0.106. The van der Waals surface area contributed by atoms with Gasteiger partial charge in [0.1, 0.15) is 5.69 Å². The monoisotopic (exact) mass is 168 g/mol. The van der Waals surface area contributed by atoms with E-state index < -0.39 is 5.95 Å². The van der Waals surface area contributed by atoms with Crippen LogP contribution in [-0.4, -0.2) is 17.9 Å². The SMILES string of the molecule is CNC(=O)c1cc(C)cc(F)n1. The lowest BCUT2D eigenvalue weighted by atomic mass is 10.2. The van der Waals surface area contributed by atoms with Gasteiger partial charge in [-0.3, -0.25) is 4.79 Å². The van der Waals surface area contributed by atoms with Crippen molar-refractivity contribution in [1.29, 1.82) is 0 Å². The first kappa shape index (κ1) is 8.64. The number of aryl methyl sites for hydroxylation is 1. The normalized spacial score (nSPS) is 9.58. The van der Waals surface area contributed by atoms with E-state index in [1.54, 1.807) is 6.92 Å². The predicted molar refractivity (Wildman–Crippen MR) is 42.3 cm³/mol. The summed E-state index contributed by atoms with van der Waals surface area (Å²) in [6.07, 6.45) is 0. The van der Waals surface area contributed by atoms with E-state index in [0.29, 0.717) is 5.56 Å². The molecule has 1 heterocycles. The van der Waals surface area contributed by atoms with Crippen LogP contribution in [0.2, 0.25) is 0 Å². The fourth-order valence-electron chi connectivity index (χ4n) is 0.869. The summed E-state index contributed by atoms with van der Waals surface area (Å²) in [5.41, 5.74) is 0.788. The molecule has 1 aromatic rings. The molecule has 0 saturated carbocycles. The topological polar surface area (TPSA) is 42.0 Å². The molecule has 0 aliphatic rings. The van der Waals surface area contributed by atoms with E-state index in [4.69, 9.17) is 0 Å². The van der Waals surface area contributed by atoms with Crippen molar-refractivity contribution in [3.8, 4) is 0 Å². The van der Waals surface area contributed by atoms with E-state index in [0.717, 1.165) is 0 Å². The Kier molecular flexibility index (Phi) is 2.38. The Morgan fingerprint density at radius 3 is 2.75 bits per heavy atom. The maximum atomic E-state index is 12.6. The van der Waals surface area contributed by atoms with Crippen LogP contribution in [0, 0.1) is 12.9 Å². The molecule has 0 aliphatic carbocycles. The van der Waals surface area contributed by atoms with Gasteiger partial charge in [0.15, 0.2) is 0 Å². The Hall–Kier alpha value is -1.45. The van der Waals surface area contributed by atoms with Crippen LogP contribution in [-0.2, 0) is 0 Å². The molecule has 0 fully saturated rings. The summed E-state index contributed by atoms with van der Waals surface area (Å²) in [4.78, 5) is 14.4. The van der Waals surface area contributed by atoms with Crippen LogP contribution < -0.4 is 5.32 Å². The lowest BCUT2D eigenvalue weighted by molar-refractivity contribution is 0.0957. The van der Waals surface area contributed by atoms with Crippen molar-refractivity contribution < 1.29 is 9.18 Å². The number of nitrogens with zero attached hydrogens (tertiary/aromatic N) is 1. The highest BCUT2D eigenvalue weighted by Crippen LogP contribution is 2.03. The van der Waals surface area contributed by atoms with Gasteiger partial charge >= 0.3 is 0 Å². The zero-order valence-corrected chi connectivity index (χ0v) is 6.89. The first-order valence-electron chi connectivity index (χ1n) is 3.50. The quantitative estimate of drug-likeness (QED) is 0.633. The number of hydrogen-bond acceptors (Lipinski definition) is 2. The molecule has 0 aromatic carbocycles. The third kappa shape index (κ3) is 1.78. The number of halogens is 1. The summed E-state index contributed by atoms with van der Waals surface area (Å²) in [6.45, 7) is 1.71. The molecule has 64 valence electrons. The van der Waals surface area contributed by atoms with Crippen LogP contribution in [0.15, 0.2) is 12.1 Å². The average molecular weight is 168 g/mol. The average Bonchev–Trinajstić information content (AvgIpc) is 2.01. The van der Waals surface area contributed by atoms with Gasteiger partial charge in [0.2, 0.25) is 5.95 Å². The van der Waals surface area contributed by atoms with E-state index in [1.807, 2.05) is 0 Å². The number of amides is 1. The summed E-state index contributed by atoms with van der Waals surface area (Å²) in [6, 6.07) is 2.80. The second-order valence-corrected chi connectivity index (χ2v) is 2.43. The zero-order chi connectivity index (χ0) is 9.14. The molecule has 1 rings (SSSR count). The Bertz CT molecular complexity index is 292. The molecule has 0 atom stereocenters. The van der Waals surface area contributed by atoms with Crippen molar-refractivity contribution in [2.24, 2.45) is 0 Å². The maximum Gasteiger partial charge on any atom is 0.269 e. The van der Waals surface area contributed by atoms with Crippen molar-refractivity contribution >= 4 is 5.91 Å². The fraction of sp³-hybridized carbons (Fsp3) is 0.250. The second-order valence-electron chi connectivity index (χ2n) is 2.43. The number of pyridine rings is 1. The van der Waals surface area contributed by atoms with Gasteiger partial charge in [-0.25, -0.2) is 4.98 Å². The Balaban J connectivity index is 3.08. The fourth-order valence-corrected chi connectivity index (χ4v) is 0.869. The van der Waals surface area contributed by atoms with Crippen molar-refractivity contribution in [2.45, 2.75) is 6.92 Å². The van der Waals surface area contributed by atoms with Gasteiger partial charge in [-0.05, 0) is 24.6 Å². The number of hydrogen-bond donors (Lipinski definition) is 1. The van der Waals surface area contributed by atoms with Crippen molar-refractivity contribution in [3.05, 3.63) is 29.3 Å².